The molecule has 18 heavy (non-hydrogen) atoms. The number of hydrogen-bond acceptors (Lipinski definition) is 5. The van der Waals surface area contributed by atoms with E-state index in [1.165, 1.54) is 0 Å². The lowest BCUT2D eigenvalue weighted by Crippen LogP contribution is -1.99. The van der Waals surface area contributed by atoms with E-state index in [-0.39, 0.29) is 5.92 Å². The first-order valence-corrected chi connectivity index (χ1v) is 6.15. The summed E-state index contributed by atoms with van der Waals surface area (Å²) in [5, 5.41) is 8.81. The van der Waals surface area contributed by atoms with Crippen LogP contribution in [0.3, 0.4) is 0 Å². The van der Waals surface area contributed by atoms with Crippen molar-refractivity contribution in [2.75, 3.05) is 13.2 Å². The van der Waals surface area contributed by atoms with Gasteiger partial charge in [-0.3, -0.25) is 4.68 Å². The Bertz CT molecular complexity index is 572. The van der Waals surface area contributed by atoms with E-state index in [0.717, 1.165) is 18.7 Å². The Morgan fingerprint density at radius 1 is 1.44 bits per heavy atom. The maximum absolute atomic E-state index is 6.18. The normalized spacial score (nSPS) is 19.6. The molecule has 96 valence electrons. The predicted molar refractivity (Wildman–Crippen MR) is 64.4 cm³/mol. The van der Waals surface area contributed by atoms with Crippen molar-refractivity contribution in [1.29, 1.82) is 0 Å². The van der Waals surface area contributed by atoms with E-state index in [1.54, 1.807) is 4.68 Å². The zero-order valence-corrected chi connectivity index (χ0v) is 10.9. The van der Waals surface area contributed by atoms with Crippen molar-refractivity contribution in [1.82, 2.24) is 19.9 Å². The average molecular weight is 269 g/mol. The molecular weight excluding hydrogens is 256 g/mol. The number of aromatic nitrogens is 4. The molecule has 0 N–H and O–H groups in total. The van der Waals surface area contributed by atoms with E-state index in [2.05, 4.69) is 15.2 Å². The molecule has 3 rings (SSSR count). The second-order valence-corrected chi connectivity index (χ2v) is 4.77. The lowest BCUT2D eigenvalue weighted by atomic mass is 10.1. The molecule has 1 unspecified atom stereocenters. The van der Waals surface area contributed by atoms with Gasteiger partial charge in [0, 0.05) is 19.6 Å². The highest BCUT2D eigenvalue weighted by Crippen LogP contribution is 2.30. The summed E-state index contributed by atoms with van der Waals surface area (Å²) in [6.07, 6.45) is 0.925. The third kappa shape index (κ3) is 1.81. The molecular formula is C11H13ClN4O2. The summed E-state index contributed by atoms with van der Waals surface area (Å²) < 4.78 is 12.2. The van der Waals surface area contributed by atoms with Crippen LogP contribution in [0.4, 0.5) is 0 Å². The van der Waals surface area contributed by atoms with Gasteiger partial charge in [-0.05, 0) is 13.3 Å². The van der Waals surface area contributed by atoms with Gasteiger partial charge in [-0.2, -0.15) is 10.1 Å². The van der Waals surface area contributed by atoms with Gasteiger partial charge in [0.25, 0.3) is 5.89 Å². The fourth-order valence-corrected chi connectivity index (χ4v) is 2.19. The smallest absolute Gasteiger partial charge is 0.279 e. The average Bonchev–Trinajstić information content (AvgIpc) is 3.05. The fourth-order valence-electron chi connectivity index (χ4n) is 1.95. The SMILES string of the molecule is Cc1c(Cl)c(-c2nc(C3CCOC3)no2)nn1C. The Balaban J connectivity index is 1.94. The maximum atomic E-state index is 6.18. The molecule has 0 saturated carbocycles. The Morgan fingerprint density at radius 3 is 2.89 bits per heavy atom. The van der Waals surface area contributed by atoms with Crippen molar-refractivity contribution in [3.63, 3.8) is 0 Å². The van der Waals surface area contributed by atoms with Crippen LogP contribution in [0.5, 0.6) is 0 Å². The van der Waals surface area contributed by atoms with Gasteiger partial charge in [0.2, 0.25) is 0 Å². The molecule has 1 saturated heterocycles. The van der Waals surface area contributed by atoms with E-state index in [1.807, 2.05) is 14.0 Å². The van der Waals surface area contributed by atoms with Gasteiger partial charge in [-0.25, -0.2) is 0 Å². The molecule has 1 atom stereocenters. The van der Waals surface area contributed by atoms with Gasteiger partial charge in [-0.15, -0.1) is 0 Å². The van der Waals surface area contributed by atoms with Crippen molar-refractivity contribution in [3.05, 3.63) is 16.5 Å². The summed E-state index contributed by atoms with van der Waals surface area (Å²) in [5.41, 5.74) is 1.41. The number of rotatable bonds is 2. The van der Waals surface area contributed by atoms with Crippen LogP contribution in [0.15, 0.2) is 4.52 Å². The van der Waals surface area contributed by atoms with Crippen molar-refractivity contribution in [2.45, 2.75) is 19.3 Å². The van der Waals surface area contributed by atoms with Crippen LogP contribution in [0.25, 0.3) is 11.6 Å². The third-order valence-electron chi connectivity index (χ3n) is 3.20. The Hall–Kier alpha value is -1.40. The first kappa shape index (κ1) is 11.7. The lowest BCUT2D eigenvalue weighted by Gasteiger charge is -1.97. The molecule has 0 radical (unpaired) electrons. The minimum Gasteiger partial charge on any atom is -0.381 e. The van der Waals surface area contributed by atoms with Crippen LogP contribution in [0.2, 0.25) is 5.02 Å². The Morgan fingerprint density at radius 2 is 2.28 bits per heavy atom. The van der Waals surface area contributed by atoms with Crippen LogP contribution < -0.4 is 0 Å². The van der Waals surface area contributed by atoms with E-state index in [9.17, 15) is 0 Å². The van der Waals surface area contributed by atoms with Gasteiger partial charge < -0.3 is 9.26 Å². The molecule has 2 aromatic rings. The molecule has 0 aromatic carbocycles. The Kier molecular flexibility index (Phi) is 2.83. The van der Waals surface area contributed by atoms with Crippen LogP contribution in [-0.4, -0.2) is 33.1 Å². The summed E-state index contributed by atoms with van der Waals surface area (Å²) in [5.74, 6) is 1.25. The molecule has 1 aliphatic rings. The van der Waals surface area contributed by atoms with Gasteiger partial charge >= 0.3 is 0 Å². The highest BCUT2D eigenvalue weighted by molar-refractivity contribution is 6.33. The summed E-state index contributed by atoms with van der Waals surface area (Å²) in [7, 11) is 1.83. The van der Waals surface area contributed by atoms with Crippen molar-refractivity contribution in [2.24, 2.45) is 7.05 Å². The van der Waals surface area contributed by atoms with Crippen LogP contribution in [0, 0.1) is 6.92 Å². The summed E-state index contributed by atoms with van der Waals surface area (Å²) in [4.78, 5) is 4.36. The second kappa shape index (κ2) is 4.37. The monoisotopic (exact) mass is 268 g/mol. The molecule has 7 heteroatoms. The third-order valence-corrected chi connectivity index (χ3v) is 3.65. The van der Waals surface area contributed by atoms with Gasteiger partial charge in [0.1, 0.15) is 0 Å². The quantitative estimate of drug-likeness (QED) is 0.833. The van der Waals surface area contributed by atoms with Gasteiger partial charge in [-0.1, -0.05) is 16.8 Å². The van der Waals surface area contributed by atoms with Gasteiger partial charge in [0.15, 0.2) is 11.5 Å². The standard InChI is InChI=1S/C11H13ClN4O2/c1-6-8(12)9(14-16(6)2)11-13-10(15-18-11)7-3-4-17-5-7/h7H,3-5H2,1-2H3. The number of ether oxygens (including phenoxy) is 1. The largest absolute Gasteiger partial charge is 0.381 e. The van der Waals surface area contributed by atoms with E-state index in [4.69, 9.17) is 20.9 Å². The molecule has 0 amide bonds. The highest BCUT2D eigenvalue weighted by atomic mass is 35.5. The molecule has 0 spiro atoms. The number of nitrogens with zero attached hydrogens (tertiary/aromatic N) is 4. The zero-order valence-electron chi connectivity index (χ0n) is 10.2. The molecule has 0 aliphatic carbocycles. The molecule has 2 aromatic heterocycles. The molecule has 1 fully saturated rings. The maximum Gasteiger partial charge on any atom is 0.279 e. The predicted octanol–water partition coefficient (Wildman–Crippen LogP) is 1.94. The fraction of sp³-hybridized carbons (Fsp3) is 0.545. The zero-order chi connectivity index (χ0) is 12.7. The number of hydrogen-bond donors (Lipinski definition) is 0. The minimum atomic E-state index is 0.214. The van der Waals surface area contributed by atoms with Crippen LogP contribution in [0.1, 0.15) is 23.9 Å². The van der Waals surface area contributed by atoms with Crippen LogP contribution in [-0.2, 0) is 11.8 Å². The van der Waals surface area contributed by atoms with Crippen molar-refractivity contribution in [3.8, 4) is 11.6 Å². The highest BCUT2D eigenvalue weighted by Gasteiger charge is 2.25. The van der Waals surface area contributed by atoms with E-state index in [0.29, 0.717) is 29.0 Å². The lowest BCUT2D eigenvalue weighted by molar-refractivity contribution is 0.192. The summed E-state index contributed by atoms with van der Waals surface area (Å²) in [6, 6.07) is 0. The first-order valence-electron chi connectivity index (χ1n) is 5.77. The molecule has 3 heterocycles. The first-order chi connectivity index (χ1) is 8.66. The van der Waals surface area contributed by atoms with E-state index >= 15 is 0 Å². The number of halogens is 1. The summed E-state index contributed by atoms with van der Waals surface area (Å²) >= 11 is 6.18. The Labute approximate surface area is 109 Å². The molecule has 6 nitrogen and oxygen atoms in total. The van der Waals surface area contributed by atoms with Crippen molar-refractivity contribution >= 4 is 11.6 Å². The number of aryl methyl sites for hydroxylation is 1. The minimum absolute atomic E-state index is 0.214. The van der Waals surface area contributed by atoms with Crippen molar-refractivity contribution < 1.29 is 9.26 Å². The summed E-state index contributed by atoms with van der Waals surface area (Å²) in [6.45, 7) is 3.28. The molecule has 0 bridgehead atoms. The van der Waals surface area contributed by atoms with Gasteiger partial charge in [0.05, 0.1) is 17.3 Å². The van der Waals surface area contributed by atoms with E-state index < -0.39 is 0 Å². The second-order valence-electron chi connectivity index (χ2n) is 4.39. The van der Waals surface area contributed by atoms with Crippen LogP contribution >= 0.6 is 11.6 Å². The topological polar surface area (TPSA) is 66.0 Å². The molecule has 1 aliphatic heterocycles.